The van der Waals surface area contributed by atoms with Crippen LogP contribution in [0.1, 0.15) is 5.56 Å². The van der Waals surface area contributed by atoms with Gasteiger partial charge in [-0.3, -0.25) is 0 Å². The lowest BCUT2D eigenvalue weighted by molar-refractivity contribution is 0.669. The summed E-state index contributed by atoms with van der Waals surface area (Å²) in [6, 6.07) is 74.1. The van der Waals surface area contributed by atoms with Gasteiger partial charge in [0.05, 0.1) is 5.69 Å². The van der Waals surface area contributed by atoms with Crippen LogP contribution in [0.5, 0.6) is 0 Å². The molecular formula is C53H37NO. The van der Waals surface area contributed by atoms with Crippen LogP contribution in [0.25, 0.3) is 77.2 Å². The maximum absolute atomic E-state index is 6.53. The summed E-state index contributed by atoms with van der Waals surface area (Å²) in [4.78, 5) is 2.39. The molecule has 10 aromatic rings. The average Bonchev–Trinajstić information content (AvgIpc) is 3.64. The van der Waals surface area contributed by atoms with Gasteiger partial charge < -0.3 is 9.32 Å². The third-order valence-electron chi connectivity index (χ3n) is 10.8. The molecule has 0 spiro atoms. The van der Waals surface area contributed by atoms with Crippen LogP contribution in [0.2, 0.25) is 0 Å². The zero-order valence-electron chi connectivity index (χ0n) is 30.5. The van der Waals surface area contributed by atoms with Crippen LogP contribution in [0.3, 0.4) is 0 Å². The second-order valence-electron chi connectivity index (χ2n) is 14.2. The highest BCUT2D eigenvalue weighted by molar-refractivity contribution is 6.08. The van der Waals surface area contributed by atoms with Gasteiger partial charge in [0, 0.05) is 33.8 Å². The Bertz CT molecular complexity index is 2960. The maximum atomic E-state index is 6.53. The number of aryl methyl sites for hydroxylation is 1. The number of nitrogens with zero attached hydrogens (tertiary/aromatic N) is 1. The molecule has 1 heterocycles. The van der Waals surface area contributed by atoms with E-state index in [1.807, 2.05) is 0 Å². The summed E-state index contributed by atoms with van der Waals surface area (Å²) in [5.74, 6) is 0. The van der Waals surface area contributed by atoms with Crippen molar-refractivity contribution in [1.82, 2.24) is 0 Å². The Labute approximate surface area is 321 Å². The molecule has 55 heavy (non-hydrogen) atoms. The monoisotopic (exact) mass is 703 g/mol. The van der Waals surface area contributed by atoms with Gasteiger partial charge in [-0.2, -0.15) is 0 Å². The Morgan fingerprint density at radius 1 is 0.364 bits per heavy atom. The fraction of sp³-hybridized carbons (Fsp3) is 0.0189. The van der Waals surface area contributed by atoms with Gasteiger partial charge in [0.1, 0.15) is 11.2 Å². The number of furan rings is 1. The summed E-state index contributed by atoms with van der Waals surface area (Å²) in [7, 11) is 0. The van der Waals surface area contributed by atoms with Crippen LogP contribution < -0.4 is 4.90 Å². The highest BCUT2D eigenvalue weighted by Crippen LogP contribution is 2.45. The van der Waals surface area contributed by atoms with Gasteiger partial charge in [0.25, 0.3) is 0 Å². The minimum atomic E-state index is 0.871. The molecule has 0 unspecified atom stereocenters. The summed E-state index contributed by atoms with van der Waals surface area (Å²) < 4.78 is 6.53. The smallest absolute Gasteiger partial charge is 0.137 e. The number of rotatable bonds is 7. The Hall–Kier alpha value is -7.16. The predicted molar refractivity (Wildman–Crippen MR) is 232 cm³/mol. The average molecular weight is 704 g/mol. The molecule has 260 valence electrons. The van der Waals surface area contributed by atoms with E-state index in [-0.39, 0.29) is 0 Å². The molecule has 0 bridgehead atoms. The third-order valence-corrected chi connectivity index (χ3v) is 10.8. The minimum absolute atomic E-state index is 0.871. The van der Waals surface area contributed by atoms with Crippen molar-refractivity contribution in [3.05, 3.63) is 212 Å². The molecule has 0 aliphatic carbocycles. The Balaban J connectivity index is 1.18. The molecule has 0 saturated heterocycles. The van der Waals surface area contributed by atoms with E-state index in [2.05, 4.69) is 218 Å². The summed E-state index contributed by atoms with van der Waals surface area (Å²) in [6.07, 6.45) is 0. The summed E-state index contributed by atoms with van der Waals surface area (Å²) in [5.41, 5.74) is 15.6. The molecule has 0 saturated carbocycles. The molecule has 0 aliphatic heterocycles. The van der Waals surface area contributed by atoms with E-state index in [4.69, 9.17) is 4.42 Å². The fourth-order valence-corrected chi connectivity index (χ4v) is 8.07. The summed E-state index contributed by atoms with van der Waals surface area (Å²) in [6.45, 7) is 2.15. The molecule has 1 aromatic heterocycles. The van der Waals surface area contributed by atoms with Crippen molar-refractivity contribution in [2.75, 3.05) is 4.90 Å². The van der Waals surface area contributed by atoms with E-state index in [0.717, 1.165) is 50.3 Å². The Kier molecular flexibility index (Phi) is 8.08. The summed E-state index contributed by atoms with van der Waals surface area (Å²) in [5, 5.41) is 4.68. The predicted octanol–water partition coefficient (Wildman–Crippen LogP) is 15.2. The second kappa shape index (κ2) is 13.7. The van der Waals surface area contributed by atoms with Gasteiger partial charge in [-0.05, 0) is 111 Å². The van der Waals surface area contributed by atoms with Crippen LogP contribution in [0, 0.1) is 6.92 Å². The Morgan fingerprint density at radius 2 is 0.945 bits per heavy atom. The van der Waals surface area contributed by atoms with Gasteiger partial charge in [0.2, 0.25) is 0 Å². The highest BCUT2D eigenvalue weighted by atomic mass is 16.3. The topological polar surface area (TPSA) is 16.4 Å². The molecule has 0 fully saturated rings. The molecule has 0 radical (unpaired) electrons. The fourth-order valence-electron chi connectivity index (χ4n) is 8.07. The van der Waals surface area contributed by atoms with Crippen LogP contribution in [-0.4, -0.2) is 0 Å². The lowest BCUT2D eigenvalue weighted by Gasteiger charge is -2.28. The van der Waals surface area contributed by atoms with Gasteiger partial charge >= 0.3 is 0 Å². The zero-order valence-corrected chi connectivity index (χ0v) is 30.5. The van der Waals surface area contributed by atoms with Gasteiger partial charge in [-0.1, -0.05) is 152 Å². The number of hydrogen-bond acceptors (Lipinski definition) is 2. The third kappa shape index (κ3) is 5.95. The van der Waals surface area contributed by atoms with E-state index in [1.54, 1.807) is 0 Å². The van der Waals surface area contributed by atoms with Crippen LogP contribution in [-0.2, 0) is 0 Å². The number of fused-ring (bicyclic) bond motifs is 4. The van der Waals surface area contributed by atoms with Crippen molar-refractivity contribution in [1.29, 1.82) is 0 Å². The lowest BCUT2D eigenvalue weighted by atomic mass is 9.91. The van der Waals surface area contributed by atoms with Gasteiger partial charge in [-0.15, -0.1) is 0 Å². The van der Waals surface area contributed by atoms with Gasteiger partial charge in [0.15, 0.2) is 0 Å². The summed E-state index contributed by atoms with van der Waals surface area (Å²) >= 11 is 0. The molecule has 0 aliphatic rings. The molecule has 2 nitrogen and oxygen atoms in total. The first kappa shape index (κ1) is 32.5. The molecular weight excluding hydrogens is 667 g/mol. The van der Waals surface area contributed by atoms with E-state index in [0.29, 0.717) is 0 Å². The van der Waals surface area contributed by atoms with Crippen molar-refractivity contribution in [2.24, 2.45) is 0 Å². The van der Waals surface area contributed by atoms with E-state index in [1.165, 1.54) is 49.5 Å². The number of anilines is 3. The van der Waals surface area contributed by atoms with Crippen molar-refractivity contribution in [2.45, 2.75) is 6.92 Å². The van der Waals surface area contributed by atoms with E-state index in [9.17, 15) is 0 Å². The molecule has 0 amide bonds. The zero-order chi connectivity index (χ0) is 36.7. The molecule has 2 heteroatoms. The standard InChI is InChI=1S/C53H37NO/c1-36-14-13-23-51-53(36)47-31-29-45(35-52(47)55-51)54(50-34-42-22-12-11-21-41(42)33-49(50)39-19-9-4-10-20-39)44-27-24-40(25-28-44)48-32-43(37-15-5-2-6-16-37)26-30-46(48)38-17-7-3-8-18-38/h2-35H,1H3. The van der Waals surface area contributed by atoms with E-state index < -0.39 is 0 Å². The normalized spacial score (nSPS) is 11.4. The number of hydrogen-bond donors (Lipinski definition) is 0. The van der Waals surface area contributed by atoms with Crippen molar-refractivity contribution >= 4 is 49.8 Å². The highest BCUT2D eigenvalue weighted by Gasteiger charge is 2.21. The number of benzene rings is 9. The van der Waals surface area contributed by atoms with Crippen LogP contribution in [0.15, 0.2) is 211 Å². The quantitative estimate of drug-likeness (QED) is 0.164. The SMILES string of the molecule is Cc1cccc2oc3cc(N(c4ccc(-c5cc(-c6ccccc6)ccc5-c5ccccc5)cc4)c4cc5ccccc5cc4-c4ccccc4)ccc3c12. The largest absolute Gasteiger partial charge is 0.456 e. The first-order chi connectivity index (χ1) is 27.2. The Morgan fingerprint density at radius 3 is 1.65 bits per heavy atom. The molecule has 0 N–H and O–H groups in total. The van der Waals surface area contributed by atoms with Crippen LogP contribution in [0.4, 0.5) is 17.1 Å². The maximum Gasteiger partial charge on any atom is 0.137 e. The molecule has 0 atom stereocenters. The lowest BCUT2D eigenvalue weighted by Crippen LogP contribution is -2.11. The second-order valence-corrected chi connectivity index (χ2v) is 14.2. The van der Waals surface area contributed by atoms with E-state index >= 15 is 0 Å². The minimum Gasteiger partial charge on any atom is -0.456 e. The van der Waals surface area contributed by atoms with Crippen molar-refractivity contribution in [3.8, 4) is 44.5 Å². The molecule has 10 rings (SSSR count). The van der Waals surface area contributed by atoms with Crippen molar-refractivity contribution in [3.63, 3.8) is 0 Å². The van der Waals surface area contributed by atoms with Gasteiger partial charge in [-0.25, -0.2) is 0 Å². The van der Waals surface area contributed by atoms with Crippen LogP contribution >= 0.6 is 0 Å². The first-order valence-corrected chi connectivity index (χ1v) is 18.8. The van der Waals surface area contributed by atoms with Crippen molar-refractivity contribution < 1.29 is 4.42 Å². The first-order valence-electron chi connectivity index (χ1n) is 18.8. The molecule has 9 aromatic carbocycles.